The van der Waals surface area contributed by atoms with E-state index in [0.717, 1.165) is 5.56 Å². The van der Waals surface area contributed by atoms with Gasteiger partial charge in [0.15, 0.2) is 5.82 Å². The molecule has 2 aromatic heterocycles. The smallest absolute Gasteiger partial charge is 0.266 e. The zero-order valence-electron chi connectivity index (χ0n) is 12.6. The summed E-state index contributed by atoms with van der Waals surface area (Å²) in [5, 5.41) is 5.07. The molecule has 0 aliphatic rings. The number of carbonyl (C=O) groups excluding carboxylic acids is 1. The SMILES string of the molecule is O=C(Nc1ncc(Cl)cc1Cl)c1cc(COc2cccc(F)c2)cs1. The van der Waals surface area contributed by atoms with E-state index in [1.54, 1.807) is 23.6 Å². The van der Waals surface area contributed by atoms with Crippen molar-refractivity contribution in [3.63, 3.8) is 0 Å². The lowest BCUT2D eigenvalue weighted by molar-refractivity contribution is 0.103. The number of thiophene rings is 1. The molecule has 0 saturated heterocycles. The van der Waals surface area contributed by atoms with Crippen LogP contribution < -0.4 is 10.1 Å². The Bertz CT molecular complexity index is 917. The highest BCUT2D eigenvalue weighted by Gasteiger charge is 2.13. The Balaban J connectivity index is 1.63. The van der Waals surface area contributed by atoms with Gasteiger partial charge in [0.05, 0.1) is 14.9 Å². The van der Waals surface area contributed by atoms with Gasteiger partial charge in [-0.3, -0.25) is 4.79 Å². The van der Waals surface area contributed by atoms with Crippen molar-refractivity contribution in [3.05, 3.63) is 74.3 Å². The molecule has 2 heterocycles. The Labute approximate surface area is 157 Å². The summed E-state index contributed by atoms with van der Waals surface area (Å²) < 4.78 is 18.6. The normalized spacial score (nSPS) is 10.5. The first-order valence-electron chi connectivity index (χ1n) is 7.09. The first-order valence-corrected chi connectivity index (χ1v) is 8.73. The summed E-state index contributed by atoms with van der Waals surface area (Å²) in [6.07, 6.45) is 1.40. The molecule has 25 heavy (non-hydrogen) atoms. The molecule has 0 saturated carbocycles. The third-order valence-electron chi connectivity index (χ3n) is 3.12. The summed E-state index contributed by atoms with van der Waals surface area (Å²) in [6.45, 7) is 0.229. The van der Waals surface area contributed by atoms with Gasteiger partial charge in [0.25, 0.3) is 5.91 Å². The minimum Gasteiger partial charge on any atom is -0.489 e. The Hall–Kier alpha value is -2.15. The number of hydrogen-bond donors (Lipinski definition) is 1. The van der Waals surface area contributed by atoms with E-state index in [0.29, 0.717) is 15.6 Å². The molecule has 3 rings (SSSR count). The molecular formula is C17H11Cl2FN2O2S. The Morgan fingerprint density at radius 2 is 2.12 bits per heavy atom. The van der Waals surface area contributed by atoms with Crippen LogP contribution in [-0.4, -0.2) is 10.9 Å². The number of nitrogens with one attached hydrogen (secondary N) is 1. The Kier molecular flexibility index (Phi) is 5.53. The lowest BCUT2D eigenvalue weighted by Gasteiger charge is -2.05. The van der Waals surface area contributed by atoms with E-state index in [1.165, 1.54) is 35.7 Å². The molecule has 0 bridgehead atoms. The van der Waals surface area contributed by atoms with Gasteiger partial charge < -0.3 is 10.1 Å². The number of amides is 1. The van der Waals surface area contributed by atoms with Gasteiger partial charge >= 0.3 is 0 Å². The number of ether oxygens (including phenoxy) is 1. The van der Waals surface area contributed by atoms with E-state index in [1.807, 2.05) is 0 Å². The highest BCUT2D eigenvalue weighted by molar-refractivity contribution is 7.12. The molecule has 0 aliphatic heterocycles. The maximum Gasteiger partial charge on any atom is 0.266 e. The quantitative estimate of drug-likeness (QED) is 0.626. The lowest BCUT2D eigenvalue weighted by Crippen LogP contribution is -2.11. The molecule has 1 N–H and O–H groups in total. The number of carbonyl (C=O) groups is 1. The summed E-state index contributed by atoms with van der Waals surface area (Å²) >= 11 is 13.0. The highest BCUT2D eigenvalue weighted by Crippen LogP contribution is 2.24. The van der Waals surface area contributed by atoms with Gasteiger partial charge in [-0.2, -0.15) is 0 Å². The largest absolute Gasteiger partial charge is 0.489 e. The minimum absolute atomic E-state index is 0.229. The van der Waals surface area contributed by atoms with E-state index in [2.05, 4.69) is 10.3 Å². The maximum absolute atomic E-state index is 13.1. The van der Waals surface area contributed by atoms with E-state index in [4.69, 9.17) is 27.9 Å². The second-order valence-corrected chi connectivity index (χ2v) is 6.76. The average Bonchev–Trinajstić information content (AvgIpc) is 3.05. The van der Waals surface area contributed by atoms with Crippen molar-refractivity contribution in [2.75, 3.05) is 5.32 Å². The standard InChI is InChI=1S/C17H11Cl2FN2O2S/c18-11-5-14(19)16(21-7-11)22-17(23)15-4-10(9-25-15)8-24-13-3-1-2-12(20)6-13/h1-7,9H,8H2,(H,21,22,23). The van der Waals surface area contributed by atoms with E-state index in [9.17, 15) is 9.18 Å². The van der Waals surface area contributed by atoms with Crippen molar-refractivity contribution in [1.29, 1.82) is 0 Å². The summed E-state index contributed by atoms with van der Waals surface area (Å²) in [4.78, 5) is 16.7. The summed E-state index contributed by atoms with van der Waals surface area (Å²) in [6, 6.07) is 9.07. The zero-order valence-corrected chi connectivity index (χ0v) is 15.0. The number of pyridine rings is 1. The molecule has 0 unspecified atom stereocenters. The number of hydrogen-bond acceptors (Lipinski definition) is 4. The molecule has 8 heteroatoms. The van der Waals surface area contributed by atoms with Gasteiger partial charge in [-0.15, -0.1) is 11.3 Å². The van der Waals surface area contributed by atoms with Gasteiger partial charge in [-0.25, -0.2) is 9.37 Å². The van der Waals surface area contributed by atoms with Crippen molar-refractivity contribution in [1.82, 2.24) is 4.98 Å². The molecule has 0 aliphatic carbocycles. The molecule has 0 atom stereocenters. The first-order chi connectivity index (χ1) is 12.0. The van der Waals surface area contributed by atoms with Crippen LogP contribution in [0.4, 0.5) is 10.2 Å². The van der Waals surface area contributed by atoms with Crippen LogP contribution in [0.3, 0.4) is 0 Å². The number of halogens is 3. The van der Waals surface area contributed by atoms with Gasteiger partial charge in [0.2, 0.25) is 0 Å². The van der Waals surface area contributed by atoms with Crippen LogP contribution in [-0.2, 0) is 6.61 Å². The van der Waals surface area contributed by atoms with Crippen molar-refractivity contribution in [2.45, 2.75) is 6.61 Å². The van der Waals surface area contributed by atoms with Gasteiger partial charge in [0, 0.05) is 17.8 Å². The number of nitrogens with zero attached hydrogens (tertiary/aromatic N) is 1. The minimum atomic E-state index is -0.366. The second kappa shape index (κ2) is 7.82. The number of benzene rings is 1. The molecule has 0 spiro atoms. The molecule has 0 radical (unpaired) electrons. The number of anilines is 1. The lowest BCUT2D eigenvalue weighted by atomic mass is 10.3. The third-order valence-corrected chi connectivity index (χ3v) is 4.59. The van der Waals surface area contributed by atoms with Gasteiger partial charge in [-0.05, 0) is 29.6 Å². The van der Waals surface area contributed by atoms with Gasteiger partial charge in [0.1, 0.15) is 18.2 Å². The van der Waals surface area contributed by atoms with Crippen molar-refractivity contribution in [3.8, 4) is 5.75 Å². The predicted octanol–water partition coefficient (Wildman–Crippen LogP) is 5.42. The first kappa shape index (κ1) is 17.7. The fraction of sp³-hybridized carbons (Fsp3) is 0.0588. The second-order valence-electron chi connectivity index (χ2n) is 5.00. The number of rotatable bonds is 5. The summed E-state index contributed by atoms with van der Waals surface area (Å²) in [5.74, 6) is -0.0367. The number of aromatic nitrogens is 1. The maximum atomic E-state index is 13.1. The highest BCUT2D eigenvalue weighted by atomic mass is 35.5. The van der Waals surface area contributed by atoms with Crippen LogP contribution in [0, 0.1) is 5.82 Å². The van der Waals surface area contributed by atoms with Crippen LogP contribution in [0.25, 0.3) is 0 Å². The van der Waals surface area contributed by atoms with E-state index < -0.39 is 0 Å². The topological polar surface area (TPSA) is 51.2 Å². The fourth-order valence-electron chi connectivity index (χ4n) is 1.97. The molecule has 1 amide bonds. The monoisotopic (exact) mass is 396 g/mol. The van der Waals surface area contributed by atoms with Crippen LogP contribution >= 0.6 is 34.5 Å². The van der Waals surface area contributed by atoms with E-state index >= 15 is 0 Å². The summed E-state index contributed by atoms with van der Waals surface area (Å²) in [5.41, 5.74) is 0.801. The molecule has 3 aromatic rings. The zero-order chi connectivity index (χ0) is 17.8. The molecule has 128 valence electrons. The van der Waals surface area contributed by atoms with E-state index in [-0.39, 0.29) is 29.2 Å². The third kappa shape index (κ3) is 4.69. The van der Waals surface area contributed by atoms with Crippen molar-refractivity contribution >= 4 is 46.3 Å². The van der Waals surface area contributed by atoms with Crippen LogP contribution in [0.1, 0.15) is 15.2 Å². The Morgan fingerprint density at radius 3 is 2.88 bits per heavy atom. The fourth-order valence-corrected chi connectivity index (χ4v) is 3.19. The van der Waals surface area contributed by atoms with Gasteiger partial charge in [-0.1, -0.05) is 29.3 Å². The van der Waals surface area contributed by atoms with Crippen LogP contribution in [0.2, 0.25) is 10.0 Å². The average molecular weight is 397 g/mol. The molecule has 1 aromatic carbocycles. The molecular weight excluding hydrogens is 386 g/mol. The van der Waals surface area contributed by atoms with Crippen LogP contribution in [0.5, 0.6) is 5.75 Å². The summed E-state index contributed by atoms with van der Waals surface area (Å²) in [7, 11) is 0. The Morgan fingerprint density at radius 1 is 1.28 bits per heavy atom. The molecule has 0 fully saturated rings. The van der Waals surface area contributed by atoms with Crippen molar-refractivity contribution in [2.24, 2.45) is 0 Å². The van der Waals surface area contributed by atoms with Crippen LogP contribution in [0.15, 0.2) is 48.0 Å². The molecule has 4 nitrogen and oxygen atoms in total. The van der Waals surface area contributed by atoms with Crippen molar-refractivity contribution < 1.29 is 13.9 Å². The predicted molar refractivity (Wildman–Crippen MR) is 97.3 cm³/mol.